The van der Waals surface area contributed by atoms with Crippen molar-refractivity contribution in [3.8, 4) is 0 Å². The van der Waals surface area contributed by atoms with Gasteiger partial charge in [0.1, 0.15) is 0 Å². The first-order valence-electron chi connectivity index (χ1n) is 5.49. The minimum absolute atomic E-state index is 0.151. The first-order chi connectivity index (χ1) is 9.06. The molecule has 0 saturated carbocycles. The van der Waals surface area contributed by atoms with Gasteiger partial charge in [-0.2, -0.15) is 0 Å². The summed E-state index contributed by atoms with van der Waals surface area (Å²) in [5, 5.41) is 0.869. The van der Waals surface area contributed by atoms with Crippen LogP contribution in [0.15, 0.2) is 53.0 Å². The van der Waals surface area contributed by atoms with E-state index in [9.17, 15) is 4.79 Å². The first kappa shape index (κ1) is 14.3. The molecular weight excluding hydrogens is 347 g/mol. The highest BCUT2D eigenvalue weighted by atomic mass is 79.9. The van der Waals surface area contributed by atoms with E-state index in [0.29, 0.717) is 15.6 Å². The Hall–Kier alpha value is -1.09. The molecule has 0 aliphatic heterocycles. The summed E-state index contributed by atoms with van der Waals surface area (Å²) in [6.45, 7) is 0. The molecule has 0 N–H and O–H groups in total. The Kier molecular flexibility index (Phi) is 4.81. The molecule has 19 heavy (non-hydrogen) atoms. The van der Waals surface area contributed by atoms with Crippen LogP contribution in [0.2, 0.25) is 10.0 Å². The molecule has 0 aliphatic carbocycles. The molecule has 0 fully saturated rings. The molecule has 1 nitrogen and oxygen atoms in total. The predicted molar refractivity (Wildman–Crippen MR) is 84.0 cm³/mol. The van der Waals surface area contributed by atoms with E-state index in [2.05, 4.69) is 15.9 Å². The molecule has 0 heterocycles. The van der Waals surface area contributed by atoms with Crippen LogP contribution in [0.5, 0.6) is 0 Å². The molecule has 4 heteroatoms. The molecule has 0 atom stereocenters. The number of hydrogen-bond donors (Lipinski definition) is 0. The van der Waals surface area contributed by atoms with Crippen LogP contribution in [0.4, 0.5) is 0 Å². The zero-order chi connectivity index (χ0) is 13.8. The summed E-state index contributed by atoms with van der Waals surface area (Å²) in [6.07, 6.45) is 3.24. The monoisotopic (exact) mass is 354 g/mol. The molecule has 0 bridgehead atoms. The van der Waals surface area contributed by atoms with E-state index in [0.717, 1.165) is 10.0 Å². The van der Waals surface area contributed by atoms with Crippen LogP contribution in [-0.4, -0.2) is 5.78 Å². The summed E-state index contributed by atoms with van der Waals surface area (Å²) in [6, 6.07) is 12.5. The molecule has 0 amide bonds. The Balaban J connectivity index is 2.21. The van der Waals surface area contributed by atoms with Gasteiger partial charge in [0.05, 0.1) is 5.02 Å². The van der Waals surface area contributed by atoms with Crippen LogP contribution in [0.1, 0.15) is 15.9 Å². The van der Waals surface area contributed by atoms with Crippen LogP contribution in [0.25, 0.3) is 6.08 Å². The van der Waals surface area contributed by atoms with Crippen molar-refractivity contribution >= 4 is 51.0 Å². The van der Waals surface area contributed by atoms with Crippen molar-refractivity contribution in [1.82, 2.24) is 0 Å². The fourth-order valence-electron chi connectivity index (χ4n) is 1.56. The van der Waals surface area contributed by atoms with Gasteiger partial charge in [0.25, 0.3) is 0 Å². The SMILES string of the molecule is O=C(/C=C/c1cccc(Br)c1)c1ccc(Cl)cc1Cl. The average molecular weight is 356 g/mol. The highest BCUT2D eigenvalue weighted by molar-refractivity contribution is 9.10. The summed E-state index contributed by atoms with van der Waals surface area (Å²) >= 11 is 15.2. The second-order valence-electron chi connectivity index (χ2n) is 3.88. The van der Waals surface area contributed by atoms with Gasteiger partial charge in [0.15, 0.2) is 5.78 Å². The molecule has 0 unspecified atom stereocenters. The minimum Gasteiger partial charge on any atom is -0.289 e. The lowest BCUT2D eigenvalue weighted by Crippen LogP contribution is -1.95. The number of benzene rings is 2. The van der Waals surface area contributed by atoms with E-state index in [4.69, 9.17) is 23.2 Å². The van der Waals surface area contributed by atoms with Gasteiger partial charge in [-0.1, -0.05) is 57.3 Å². The number of carbonyl (C=O) groups is 1. The first-order valence-corrected chi connectivity index (χ1v) is 7.04. The topological polar surface area (TPSA) is 17.1 Å². The molecule has 2 aromatic rings. The van der Waals surface area contributed by atoms with Gasteiger partial charge in [-0.25, -0.2) is 0 Å². The molecule has 0 saturated heterocycles. The van der Waals surface area contributed by atoms with Gasteiger partial charge in [-0.3, -0.25) is 4.79 Å². The summed E-state index contributed by atoms with van der Waals surface area (Å²) in [4.78, 5) is 12.0. The smallest absolute Gasteiger partial charge is 0.187 e. The van der Waals surface area contributed by atoms with Crippen molar-refractivity contribution in [2.24, 2.45) is 0 Å². The Morgan fingerprint density at radius 3 is 2.58 bits per heavy atom. The molecule has 0 aromatic heterocycles. The normalized spacial score (nSPS) is 10.9. The number of allylic oxidation sites excluding steroid dienone is 1. The van der Waals surface area contributed by atoms with E-state index < -0.39 is 0 Å². The lowest BCUT2D eigenvalue weighted by molar-refractivity contribution is 0.104. The van der Waals surface area contributed by atoms with Crippen molar-refractivity contribution < 1.29 is 4.79 Å². The highest BCUT2D eigenvalue weighted by Gasteiger charge is 2.07. The number of rotatable bonds is 3. The third kappa shape index (κ3) is 3.93. The fourth-order valence-corrected chi connectivity index (χ4v) is 2.48. The maximum Gasteiger partial charge on any atom is 0.187 e. The fraction of sp³-hybridized carbons (Fsp3) is 0. The van der Waals surface area contributed by atoms with Gasteiger partial charge >= 0.3 is 0 Å². The molecule has 2 aromatic carbocycles. The largest absolute Gasteiger partial charge is 0.289 e. The summed E-state index contributed by atoms with van der Waals surface area (Å²) in [5.74, 6) is -0.151. The van der Waals surface area contributed by atoms with Crippen molar-refractivity contribution in [2.45, 2.75) is 0 Å². The number of ketones is 1. The van der Waals surface area contributed by atoms with Crippen LogP contribution in [0, 0.1) is 0 Å². The lowest BCUT2D eigenvalue weighted by atomic mass is 10.1. The average Bonchev–Trinajstić information content (AvgIpc) is 2.36. The molecule has 0 aliphatic rings. The highest BCUT2D eigenvalue weighted by Crippen LogP contribution is 2.22. The van der Waals surface area contributed by atoms with Gasteiger partial charge in [-0.15, -0.1) is 0 Å². The Morgan fingerprint density at radius 1 is 1.11 bits per heavy atom. The van der Waals surface area contributed by atoms with Crippen LogP contribution in [-0.2, 0) is 0 Å². The van der Waals surface area contributed by atoms with Crippen LogP contribution in [0.3, 0.4) is 0 Å². The Bertz CT molecular complexity index is 650. The second kappa shape index (κ2) is 6.38. The second-order valence-corrected chi connectivity index (χ2v) is 5.64. The van der Waals surface area contributed by atoms with Crippen LogP contribution < -0.4 is 0 Å². The van der Waals surface area contributed by atoms with E-state index in [1.807, 2.05) is 24.3 Å². The van der Waals surface area contributed by atoms with Crippen molar-refractivity contribution in [3.63, 3.8) is 0 Å². The quantitative estimate of drug-likeness (QED) is 0.513. The molecule has 2 rings (SSSR count). The van der Waals surface area contributed by atoms with Gasteiger partial charge < -0.3 is 0 Å². The molecule has 0 spiro atoms. The van der Waals surface area contributed by atoms with E-state index in [1.54, 1.807) is 24.3 Å². The maximum atomic E-state index is 12.0. The molecule has 0 radical (unpaired) electrons. The van der Waals surface area contributed by atoms with E-state index in [1.165, 1.54) is 6.08 Å². The van der Waals surface area contributed by atoms with Crippen LogP contribution >= 0.6 is 39.1 Å². The number of hydrogen-bond acceptors (Lipinski definition) is 1. The van der Waals surface area contributed by atoms with E-state index in [-0.39, 0.29) is 5.78 Å². The van der Waals surface area contributed by atoms with Crippen molar-refractivity contribution in [2.75, 3.05) is 0 Å². The zero-order valence-corrected chi connectivity index (χ0v) is 12.8. The molecular formula is C15H9BrCl2O. The summed E-state index contributed by atoms with van der Waals surface area (Å²) in [5.41, 5.74) is 1.38. The summed E-state index contributed by atoms with van der Waals surface area (Å²) < 4.78 is 0.964. The van der Waals surface area contributed by atoms with Crippen molar-refractivity contribution in [1.29, 1.82) is 0 Å². The number of carbonyl (C=O) groups excluding carboxylic acids is 1. The standard InChI is InChI=1S/C15H9BrCl2O/c16-11-3-1-2-10(8-11)4-7-15(19)13-6-5-12(17)9-14(13)18/h1-9H/b7-4+. The number of halogens is 3. The Labute approximate surface area is 130 Å². The van der Waals surface area contributed by atoms with E-state index >= 15 is 0 Å². The van der Waals surface area contributed by atoms with Gasteiger partial charge in [-0.05, 0) is 42.0 Å². The molecule has 96 valence electrons. The third-order valence-corrected chi connectivity index (χ3v) is 3.51. The zero-order valence-electron chi connectivity index (χ0n) is 9.74. The summed E-state index contributed by atoms with van der Waals surface area (Å²) in [7, 11) is 0. The minimum atomic E-state index is -0.151. The van der Waals surface area contributed by atoms with Gasteiger partial charge in [0.2, 0.25) is 0 Å². The van der Waals surface area contributed by atoms with Crippen molar-refractivity contribution in [3.05, 3.63) is 74.2 Å². The lowest BCUT2D eigenvalue weighted by Gasteiger charge is -2.00. The predicted octanol–water partition coefficient (Wildman–Crippen LogP) is 5.65. The maximum absolute atomic E-state index is 12.0. The van der Waals surface area contributed by atoms with Gasteiger partial charge in [0, 0.05) is 15.1 Å². The Morgan fingerprint density at radius 2 is 1.89 bits per heavy atom. The third-order valence-electron chi connectivity index (χ3n) is 2.47.